The number of nitrogens with zero attached hydrogens (tertiary/aromatic N) is 1. The number of benzene rings is 1. The molecular weight excluding hydrogens is 298 g/mol. The quantitative estimate of drug-likeness (QED) is 0.906. The van der Waals surface area contributed by atoms with E-state index >= 15 is 0 Å². The minimum atomic E-state index is -4.58. The number of rotatable bonds is 5. The maximum absolute atomic E-state index is 12.7. The van der Waals surface area contributed by atoms with Crippen LogP contribution >= 0.6 is 0 Å². The molecule has 1 aliphatic rings. The van der Waals surface area contributed by atoms with Crippen LogP contribution in [0.25, 0.3) is 0 Å². The van der Waals surface area contributed by atoms with E-state index in [1.165, 1.54) is 12.1 Å². The first-order valence-electron chi connectivity index (χ1n) is 7.05. The van der Waals surface area contributed by atoms with Crippen molar-refractivity contribution in [3.8, 4) is 0 Å². The summed E-state index contributed by atoms with van der Waals surface area (Å²) in [6, 6.07) is 5.99. The highest BCUT2D eigenvalue weighted by molar-refractivity contribution is 7.91. The topological polar surface area (TPSA) is 49.4 Å². The molecule has 1 heterocycles. The summed E-state index contributed by atoms with van der Waals surface area (Å²) in [5.41, 5.74) is 0.271. The van der Waals surface area contributed by atoms with E-state index in [0.717, 1.165) is 32.5 Å². The molecule has 21 heavy (non-hydrogen) atoms. The molecule has 1 aromatic carbocycles. The van der Waals surface area contributed by atoms with Gasteiger partial charge in [0.05, 0.1) is 10.6 Å². The third-order valence-electron chi connectivity index (χ3n) is 3.82. The van der Waals surface area contributed by atoms with Crippen molar-refractivity contribution in [1.82, 2.24) is 4.90 Å². The van der Waals surface area contributed by atoms with Crippen LogP contribution in [0.4, 0.5) is 14.5 Å². The molecule has 0 radical (unpaired) electrons. The molecule has 0 saturated carbocycles. The number of halogens is 2. The van der Waals surface area contributed by atoms with Crippen LogP contribution in [-0.2, 0) is 9.84 Å². The van der Waals surface area contributed by atoms with E-state index in [9.17, 15) is 17.2 Å². The second-order valence-electron chi connectivity index (χ2n) is 5.15. The van der Waals surface area contributed by atoms with Crippen LogP contribution in [0.3, 0.4) is 0 Å². The maximum atomic E-state index is 12.7. The molecule has 7 heteroatoms. The third-order valence-corrected chi connectivity index (χ3v) is 5.26. The number of nitrogens with one attached hydrogen (secondary N) is 1. The number of para-hydroxylation sites is 1. The van der Waals surface area contributed by atoms with Gasteiger partial charge in [-0.2, -0.15) is 8.78 Å². The molecule has 1 aromatic rings. The molecule has 1 fully saturated rings. The van der Waals surface area contributed by atoms with Crippen LogP contribution in [0.5, 0.6) is 0 Å². The molecule has 1 saturated heterocycles. The summed E-state index contributed by atoms with van der Waals surface area (Å²) >= 11 is 0. The zero-order valence-electron chi connectivity index (χ0n) is 11.9. The van der Waals surface area contributed by atoms with Crippen molar-refractivity contribution in [3.05, 3.63) is 24.3 Å². The van der Waals surface area contributed by atoms with Gasteiger partial charge in [0.15, 0.2) is 0 Å². The summed E-state index contributed by atoms with van der Waals surface area (Å²) in [6.45, 7) is 4.94. The fourth-order valence-corrected chi connectivity index (χ4v) is 3.44. The summed E-state index contributed by atoms with van der Waals surface area (Å²) in [5.74, 6) is -3.40. The van der Waals surface area contributed by atoms with E-state index in [-0.39, 0.29) is 16.6 Å². The molecular formula is C14H20F2N2O2S. The fraction of sp³-hybridized carbons (Fsp3) is 0.571. The number of hydrogen-bond acceptors (Lipinski definition) is 4. The van der Waals surface area contributed by atoms with Crippen LogP contribution in [0, 0.1) is 0 Å². The van der Waals surface area contributed by atoms with Gasteiger partial charge in [-0.15, -0.1) is 0 Å². The fourth-order valence-electron chi connectivity index (χ4n) is 2.54. The highest BCUT2D eigenvalue weighted by Gasteiger charge is 2.30. The summed E-state index contributed by atoms with van der Waals surface area (Å²) in [7, 11) is -4.58. The molecule has 0 bridgehead atoms. The molecule has 4 nitrogen and oxygen atoms in total. The third kappa shape index (κ3) is 3.71. The van der Waals surface area contributed by atoms with Gasteiger partial charge in [-0.05, 0) is 31.5 Å². The summed E-state index contributed by atoms with van der Waals surface area (Å²) in [6.07, 6.45) is 1.74. The van der Waals surface area contributed by atoms with E-state index in [0.29, 0.717) is 0 Å². The first-order chi connectivity index (χ1) is 9.95. The Labute approximate surface area is 124 Å². The SMILES string of the molecule is CCN1CCC(Nc2ccccc2S(=O)(=O)C(F)F)CC1. The minimum absolute atomic E-state index is 0.113. The predicted octanol–water partition coefficient (Wildman–Crippen LogP) is 2.58. The maximum Gasteiger partial charge on any atom is 0.341 e. The zero-order valence-corrected chi connectivity index (χ0v) is 12.7. The van der Waals surface area contributed by atoms with E-state index < -0.39 is 15.6 Å². The van der Waals surface area contributed by atoms with Gasteiger partial charge >= 0.3 is 5.76 Å². The minimum Gasteiger partial charge on any atom is -0.381 e. The molecule has 1 N–H and O–H groups in total. The number of anilines is 1. The molecule has 1 aliphatic heterocycles. The Balaban J connectivity index is 2.15. The monoisotopic (exact) mass is 318 g/mol. The standard InChI is InChI=1S/C14H20F2N2O2S/c1-2-18-9-7-11(8-10-18)17-12-5-3-4-6-13(12)21(19,20)14(15)16/h3-6,11,14,17H,2,7-10H2,1H3. The largest absolute Gasteiger partial charge is 0.381 e. The first kappa shape index (κ1) is 16.2. The Kier molecular flexibility index (Phi) is 5.16. The Morgan fingerprint density at radius 1 is 1.29 bits per heavy atom. The van der Waals surface area contributed by atoms with Gasteiger partial charge in [-0.1, -0.05) is 19.1 Å². The number of alkyl halides is 2. The van der Waals surface area contributed by atoms with Gasteiger partial charge in [0.25, 0.3) is 0 Å². The lowest BCUT2D eigenvalue weighted by atomic mass is 10.0. The molecule has 2 rings (SSSR count). The molecule has 0 amide bonds. The highest BCUT2D eigenvalue weighted by Crippen LogP contribution is 2.27. The Bertz CT molecular complexity index is 570. The van der Waals surface area contributed by atoms with Crippen LogP contribution in [0.2, 0.25) is 0 Å². The van der Waals surface area contributed by atoms with Crippen molar-refractivity contribution in [2.24, 2.45) is 0 Å². The van der Waals surface area contributed by atoms with Crippen LogP contribution in [0.15, 0.2) is 29.2 Å². The molecule has 118 valence electrons. The van der Waals surface area contributed by atoms with Crippen LogP contribution in [-0.4, -0.2) is 44.8 Å². The molecule has 0 aromatic heterocycles. The normalized spacial score (nSPS) is 18.1. The summed E-state index contributed by atoms with van der Waals surface area (Å²) in [4.78, 5) is 1.98. The molecule has 0 spiro atoms. The van der Waals surface area contributed by atoms with Gasteiger partial charge in [0, 0.05) is 19.1 Å². The van der Waals surface area contributed by atoms with E-state index in [1.54, 1.807) is 12.1 Å². The second-order valence-corrected chi connectivity index (χ2v) is 7.04. The lowest BCUT2D eigenvalue weighted by Crippen LogP contribution is -2.39. The predicted molar refractivity (Wildman–Crippen MR) is 78.4 cm³/mol. The Hall–Kier alpha value is -1.21. The van der Waals surface area contributed by atoms with Crippen molar-refractivity contribution in [3.63, 3.8) is 0 Å². The number of piperidine rings is 1. The van der Waals surface area contributed by atoms with E-state index in [2.05, 4.69) is 17.1 Å². The average molecular weight is 318 g/mol. The van der Waals surface area contributed by atoms with E-state index in [1.807, 2.05) is 0 Å². The van der Waals surface area contributed by atoms with Gasteiger partial charge in [0.2, 0.25) is 9.84 Å². The van der Waals surface area contributed by atoms with Crippen molar-refractivity contribution in [2.45, 2.75) is 36.5 Å². The van der Waals surface area contributed by atoms with Gasteiger partial charge in [-0.3, -0.25) is 0 Å². The van der Waals surface area contributed by atoms with Crippen LogP contribution in [0.1, 0.15) is 19.8 Å². The lowest BCUT2D eigenvalue weighted by molar-refractivity contribution is 0.229. The highest BCUT2D eigenvalue weighted by atomic mass is 32.2. The number of hydrogen-bond donors (Lipinski definition) is 1. The number of sulfone groups is 1. The van der Waals surface area contributed by atoms with Gasteiger partial charge < -0.3 is 10.2 Å². The van der Waals surface area contributed by atoms with Crippen LogP contribution < -0.4 is 5.32 Å². The van der Waals surface area contributed by atoms with Crippen molar-refractivity contribution >= 4 is 15.5 Å². The first-order valence-corrected chi connectivity index (χ1v) is 8.59. The van der Waals surface area contributed by atoms with Crippen molar-refractivity contribution < 1.29 is 17.2 Å². The molecule has 0 atom stereocenters. The number of likely N-dealkylation sites (tertiary alicyclic amines) is 1. The molecule has 0 aliphatic carbocycles. The zero-order chi connectivity index (χ0) is 15.5. The Morgan fingerprint density at radius 2 is 1.90 bits per heavy atom. The van der Waals surface area contributed by atoms with Crippen molar-refractivity contribution in [1.29, 1.82) is 0 Å². The van der Waals surface area contributed by atoms with E-state index in [4.69, 9.17) is 0 Å². The smallest absolute Gasteiger partial charge is 0.341 e. The second kappa shape index (κ2) is 6.70. The van der Waals surface area contributed by atoms with Crippen molar-refractivity contribution in [2.75, 3.05) is 25.0 Å². The summed E-state index contributed by atoms with van der Waals surface area (Å²) < 4.78 is 48.9. The molecule has 0 unspecified atom stereocenters. The van der Waals surface area contributed by atoms with Gasteiger partial charge in [0.1, 0.15) is 0 Å². The lowest BCUT2D eigenvalue weighted by Gasteiger charge is -2.32. The average Bonchev–Trinajstić information content (AvgIpc) is 2.48. The van der Waals surface area contributed by atoms with Gasteiger partial charge in [-0.25, -0.2) is 8.42 Å². The summed E-state index contributed by atoms with van der Waals surface area (Å²) in [5, 5.41) is 3.12. The Morgan fingerprint density at radius 3 is 2.48 bits per heavy atom.